The van der Waals surface area contributed by atoms with Crippen LogP contribution in [0, 0.1) is 5.82 Å². The van der Waals surface area contributed by atoms with Crippen LogP contribution in [-0.2, 0) is 28.0 Å². The Labute approximate surface area is 144 Å². The first-order valence-corrected chi connectivity index (χ1v) is 8.61. The molecule has 1 aromatic heterocycles. The van der Waals surface area contributed by atoms with Gasteiger partial charge in [0.2, 0.25) is 0 Å². The number of fused-ring (bicyclic) bond motifs is 1. The topological polar surface area (TPSA) is 77.2 Å². The van der Waals surface area contributed by atoms with E-state index in [2.05, 4.69) is 10.3 Å². The van der Waals surface area contributed by atoms with Gasteiger partial charge in [-0.1, -0.05) is 18.2 Å². The predicted octanol–water partition coefficient (Wildman–Crippen LogP) is 2.40. The van der Waals surface area contributed by atoms with Gasteiger partial charge in [0.1, 0.15) is 5.82 Å². The average molecular weight is 349 g/mol. The van der Waals surface area contributed by atoms with Gasteiger partial charge in [0.15, 0.2) is 10.7 Å². The zero-order valence-corrected chi connectivity index (χ0v) is 14.5. The molecule has 0 bridgehead atoms. The molecule has 0 spiro atoms. The molecule has 5 nitrogen and oxygen atoms in total. The zero-order chi connectivity index (χ0) is 17.3. The lowest BCUT2D eigenvalue weighted by Gasteiger charge is -2.31. The van der Waals surface area contributed by atoms with Crippen LogP contribution in [0.1, 0.15) is 29.5 Å². The number of nitrogen functional groups attached to an aromatic ring is 1. The summed E-state index contributed by atoms with van der Waals surface area (Å²) >= 11 is 1.46. The number of amides is 1. The van der Waals surface area contributed by atoms with Crippen LogP contribution in [0.2, 0.25) is 0 Å². The first-order chi connectivity index (χ1) is 11.4. The summed E-state index contributed by atoms with van der Waals surface area (Å²) in [5.74, 6) is -0.806. The van der Waals surface area contributed by atoms with E-state index in [1.807, 2.05) is 0 Å². The van der Waals surface area contributed by atoms with Crippen molar-refractivity contribution in [2.75, 3.05) is 12.8 Å². The molecule has 1 aliphatic rings. The second kappa shape index (κ2) is 6.49. The third-order valence-corrected chi connectivity index (χ3v) is 5.47. The smallest absolute Gasteiger partial charge is 0.256 e. The fraction of sp³-hybridized carbons (Fsp3) is 0.412. The summed E-state index contributed by atoms with van der Waals surface area (Å²) in [6, 6.07) is 6.14. The SMILES string of the molecule is CO[C@](C)(C(=O)N[C@H]1CCc2nc(N)sc2C1)c1ccccc1F. The highest BCUT2D eigenvalue weighted by molar-refractivity contribution is 7.15. The number of carbonyl (C=O) groups excluding carboxylic acids is 1. The lowest BCUT2D eigenvalue weighted by atomic mass is 9.92. The molecule has 1 aliphatic carbocycles. The molecule has 3 N–H and O–H groups in total. The molecule has 0 aliphatic heterocycles. The quantitative estimate of drug-likeness (QED) is 0.889. The molecule has 24 heavy (non-hydrogen) atoms. The van der Waals surface area contributed by atoms with Crippen LogP contribution in [0.3, 0.4) is 0 Å². The Morgan fingerprint density at radius 2 is 2.25 bits per heavy atom. The Morgan fingerprint density at radius 1 is 1.50 bits per heavy atom. The second-order valence-corrected chi connectivity index (χ2v) is 7.17. The number of carbonyl (C=O) groups is 1. The maximum atomic E-state index is 14.1. The van der Waals surface area contributed by atoms with Gasteiger partial charge in [0, 0.05) is 30.0 Å². The lowest BCUT2D eigenvalue weighted by Crippen LogP contribution is -2.49. The summed E-state index contributed by atoms with van der Waals surface area (Å²) in [5, 5.41) is 3.55. The van der Waals surface area contributed by atoms with Crippen molar-refractivity contribution in [3.05, 3.63) is 46.2 Å². The number of hydrogen-bond acceptors (Lipinski definition) is 5. The summed E-state index contributed by atoms with van der Waals surface area (Å²) in [4.78, 5) is 18.2. The van der Waals surface area contributed by atoms with Crippen molar-refractivity contribution in [3.8, 4) is 0 Å². The number of aryl methyl sites for hydroxylation is 1. The highest BCUT2D eigenvalue weighted by Gasteiger charge is 2.39. The largest absolute Gasteiger partial charge is 0.375 e. The van der Waals surface area contributed by atoms with E-state index >= 15 is 0 Å². The summed E-state index contributed by atoms with van der Waals surface area (Å²) < 4.78 is 19.5. The van der Waals surface area contributed by atoms with Crippen LogP contribution in [0.25, 0.3) is 0 Å². The van der Waals surface area contributed by atoms with Gasteiger partial charge in [0.25, 0.3) is 5.91 Å². The van der Waals surface area contributed by atoms with Crippen LogP contribution in [0.5, 0.6) is 0 Å². The molecule has 128 valence electrons. The van der Waals surface area contributed by atoms with Crippen LogP contribution < -0.4 is 11.1 Å². The molecule has 0 fully saturated rings. The van der Waals surface area contributed by atoms with Crippen LogP contribution in [-0.4, -0.2) is 24.0 Å². The van der Waals surface area contributed by atoms with Crippen molar-refractivity contribution in [3.63, 3.8) is 0 Å². The number of anilines is 1. The third kappa shape index (κ3) is 3.01. The third-order valence-electron chi connectivity index (χ3n) is 4.52. The Bertz CT molecular complexity index is 764. The number of nitrogens with zero attached hydrogens (tertiary/aromatic N) is 1. The molecule has 0 saturated heterocycles. The molecule has 2 atom stereocenters. The standard InChI is InChI=1S/C17H20FN3O2S/c1-17(23-2,11-5-3-4-6-12(11)18)15(22)20-10-7-8-13-14(9-10)24-16(19)21-13/h3-6,10H,7-9H2,1-2H3,(H2,19,21)(H,20,22)/t10-,17-/m0/s1. The molecule has 1 amide bonds. The molecule has 1 aromatic carbocycles. The molecule has 0 saturated carbocycles. The second-order valence-electron chi connectivity index (χ2n) is 6.05. The van der Waals surface area contributed by atoms with Gasteiger partial charge in [-0.2, -0.15) is 0 Å². The Hall–Kier alpha value is -1.99. The summed E-state index contributed by atoms with van der Waals surface area (Å²) in [6.07, 6.45) is 2.24. The first kappa shape index (κ1) is 16.9. The molecule has 2 aromatic rings. The van der Waals surface area contributed by atoms with Gasteiger partial charge in [0.05, 0.1) is 5.69 Å². The molecule has 7 heteroatoms. The van der Waals surface area contributed by atoms with E-state index in [4.69, 9.17) is 10.5 Å². The van der Waals surface area contributed by atoms with E-state index in [1.54, 1.807) is 25.1 Å². The number of nitrogens with two attached hydrogens (primary N) is 1. The monoisotopic (exact) mass is 349 g/mol. The van der Waals surface area contributed by atoms with Crippen molar-refractivity contribution in [2.45, 2.75) is 37.8 Å². The van der Waals surface area contributed by atoms with Crippen molar-refractivity contribution in [2.24, 2.45) is 0 Å². The highest BCUT2D eigenvalue weighted by Crippen LogP contribution is 2.30. The molecule has 1 heterocycles. The normalized spacial score (nSPS) is 19.4. The highest BCUT2D eigenvalue weighted by atomic mass is 32.1. The van der Waals surface area contributed by atoms with Crippen molar-refractivity contribution in [1.82, 2.24) is 10.3 Å². The molecular weight excluding hydrogens is 329 g/mol. The predicted molar refractivity (Wildman–Crippen MR) is 91.2 cm³/mol. The number of methoxy groups -OCH3 is 1. The minimum absolute atomic E-state index is 0.0360. The minimum Gasteiger partial charge on any atom is -0.375 e. The fourth-order valence-electron chi connectivity index (χ4n) is 3.01. The number of aromatic nitrogens is 1. The van der Waals surface area contributed by atoms with Gasteiger partial charge in [-0.25, -0.2) is 9.37 Å². The van der Waals surface area contributed by atoms with E-state index in [0.29, 0.717) is 11.6 Å². The fourth-order valence-corrected chi connectivity index (χ4v) is 3.97. The van der Waals surface area contributed by atoms with Crippen molar-refractivity contribution >= 4 is 22.4 Å². The first-order valence-electron chi connectivity index (χ1n) is 7.79. The van der Waals surface area contributed by atoms with Crippen LogP contribution in [0.4, 0.5) is 9.52 Å². The zero-order valence-electron chi connectivity index (χ0n) is 13.6. The number of thiazole rings is 1. The maximum absolute atomic E-state index is 14.1. The van der Waals surface area contributed by atoms with E-state index in [0.717, 1.165) is 23.4 Å². The van der Waals surface area contributed by atoms with Crippen molar-refractivity contribution < 1.29 is 13.9 Å². The summed E-state index contributed by atoms with van der Waals surface area (Å²) in [7, 11) is 1.41. The maximum Gasteiger partial charge on any atom is 0.256 e. The minimum atomic E-state index is -1.38. The number of nitrogens with one attached hydrogen (secondary N) is 1. The number of halogens is 1. The van der Waals surface area contributed by atoms with E-state index in [9.17, 15) is 9.18 Å². The van der Waals surface area contributed by atoms with Gasteiger partial charge < -0.3 is 15.8 Å². The Kier molecular flexibility index (Phi) is 4.56. The van der Waals surface area contributed by atoms with Crippen LogP contribution >= 0.6 is 11.3 Å². The molecular formula is C17H20FN3O2S. The average Bonchev–Trinajstić information content (AvgIpc) is 2.93. The number of benzene rings is 1. The van der Waals surface area contributed by atoms with Gasteiger partial charge in [-0.05, 0) is 25.8 Å². The summed E-state index contributed by atoms with van der Waals surface area (Å²) in [5.41, 5.74) is 5.62. The van der Waals surface area contributed by atoms with Gasteiger partial charge in [-0.3, -0.25) is 4.79 Å². The number of ether oxygens (including phenoxy) is 1. The Morgan fingerprint density at radius 3 is 2.96 bits per heavy atom. The van der Waals surface area contributed by atoms with Gasteiger partial charge >= 0.3 is 0 Å². The van der Waals surface area contributed by atoms with Crippen molar-refractivity contribution in [1.29, 1.82) is 0 Å². The van der Waals surface area contributed by atoms with E-state index < -0.39 is 11.4 Å². The van der Waals surface area contributed by atoms with E-state index in [1.165, 1.54) is 24.5 Å². The Balaban J connectivity index is 1.77. The number of hydrogen-bond donors (Lipinski definition) is 2. The lowest BCUT2D eigenvalue weighted by molar-refractivity contribution is -0.143. The summed E-state index contributed by atoms with van der Waals surface area (Å²) in [6.45, 7) is 1.58. The van der Waals surface area contributed by atoms with E-state index in [-0.39, 0.29) is 17.5 Å². The molecule has 0 radical (unpaired) electrons. The van der Waals surface area contributed by atoms with Crippen LogP contribution in [0.15, 0.2) is 24.3 Å². The number of rotatable bonds is 4. The molecule has 0 unspecified atom stereocenters. The molecule has 3 rings (SSSR count). The van der Waals surface area contributed by atoms with Gasteiger partial charge in [-0.15, -0.1) is 11.3 Å².